The van der Waals surface area contributed by atoms with Crippen molar-refractivity contribution in [2.45, 2.75) is 17.3 Å². The predicted octanol–water partition coefficient (Wildman–Crippen LogP) is 9.04. The Balaban J connectivity index is 0.000000193. The first-order valence-electron chi connectivity index (χ1n) is 15.1. The van der Waals surface area contributed by atoms with Crippen molar-refractivity contribution >= 4 is 39.6 Å². The van der Waals surface area contributed by atoms with E-state index >= 15 is 0 Å². The molecule has 0 N–H and O–H groups in total. The third kappa shape index (κ3) is 6.61. The van der Waals surface area contributed by atoms with Gasteiger partial charge in [-0.15, -0.1) is 6.07 Å². The van der Waals surface area contributed by atoms with Gasteiger partial charge in [0.15, 0.2) is 0 Å². The van der Waals surface area contributed by atoms with Crippen LogP contribution in [-0.2, 0) is 20.1 Å². The molecule has 0 aliphatic heterocycles. The second kappa shape index (κ2) is 13.6. The van der Waals surface area contributed by atoms with Gasteiger partial charge in [-0.1, -0.05) is 60.2 Å². The number of furan rings is 1. The molecule has 0 saturated heterocycles. The number of benzene rings is 4. The van der Waals surface area contributed by atoms with Gasteiger partial charge in [0, 0.05) is 37.9 Å². The topological polar surface area (TPSA) is 20.9 Å². The number of nitrogens with zero attached hydrogens (tertiary/aromatic N) is 2. The average Bonchev–Trinajstić information content (AvgIpc) is 3.40. The molecule has 0 spiro atoms. The maximum atomic E-state index is 6.35. The Hall–Kier alpha value is -4.35. The Kier molecular flexibility index (Phi) is 9.74. The van der Waals surface area contributed by atoms with E-state index in [4.69, 9.17) is 4.42 Å². The quantitative estimate of drug-likeness (QED) is 0.0986. The molecule has 0 amide bonds. The predicted molar refractivity (Wildman–Crippen MR) is 190 cm³/mol. The van der Waals surface area contributed by atoms with Gasteiger partial charge in [-0.3, -0.25) is 0 Å². The summed E-state index contributed by atoms with van der Waals surface area (Å²) in [5.74, 6) is 7.18. The van der Waals surface area contributed by atoms with Crippen LogP contribution in [0.25, 0.3) is 55.6 Å². The molecule has 7 rings (SSSR count). The fraction of sp³-hybridized carbons (Fsp3) is 0.0732. The van der Waals surface area contributed by atoms with Crippen molar-refractivity contribution in [2.24, 2.45) is 0 Å². The van der Waals surface area contributed by atoms with Crippen molar-refractivity contribution in [1.29, 1.82) is 0 Å². The molecule has 0 unspecified atom stereocenters. The summed E-state index contributed by atoms with van der Waals surface area (Å²) in [6.45, 7) is 8.30. The Morgan fingerprint density at radius 3 is 2.00 bits per heavy atom. The minimum atomic E-state index is -1.78. The molecule has 0 saturated carbocycles. The summed E-state index contributed by atoms with van der Waals surface area (Å²) in [5.41, 5.74) is 10.3. The average molecular weight is 840 g/mol. The van der Waals surface area contributed by atoms with Crippen LogP contribution in [0, 0.1) is 27.9 Å². The van der Waals surface area contributed by atoms with Crippen LogP contribution in [0.5, 0.6) is 0 Å². The van der Waals surface area contributed by atoms with Gasteiger partial charge in [0.25, 0.3) is 0 Å². The SMILES string of the molecule is [CH2-]c1ccc2c(oc3cc(-c4ccccc4)ccc32)c1-c1cccc[n+]1[CH2-].[CH2-]c1ccccc1-c1cc[c]([Ge]([CH3])([CH3])[CH3])c[n+]1[CH2-].[Ir]. The van der Waals surface area contributed by atoms with E-state index in [2.05, 4.69) is 106 Å². The molecule has 1 radical (unpaired) electrons. The third-order valence-electron chi connectivity index (χ3n) is 8.22. The van der Waals surface area contributed by atoms with Gasteiger partial charge < -0.3 is 8.98 Å². The summed E-state index contributed by atoms with van der Waals surface area (Å²) in [4.78, 5) is 0. The van der Waals surface area contributed by atoms with Crippen molar-refractivity contribution < 1.29 is 33.7 Å². The van der Waals surface area contributed by atoms with Crippen LogP contribution in [0.4, 0.5) is 0 Å². The molecule has 7 aromatic rings. The normalized spacial score (nSPS) is 11.1. The van der Waals surface area contributed by atoms with E-state index < -0.39 is 13.3 Å². The first-order chi connectivity index (χ1) is 21.6. The van der Waals surface area contributed by atoms with Gasteiger partial charge in [0.2, 0.25) is 0 Å². The van der Waals surface area contributed by atoms with Crippen molar-refractivity contribution in [2.75, 3.05) is 0 Å². The van der Waals surface area contributed by atoms with E-state index in [9.17, 15) is 0 Å². The minimum absolute atomic E-state index is 0. The summed E-state index contributed by atoms with van der Waals surface area (Å²) < 4.78 is 11.7. The van der Waals surface area contributed by atoms with Gasteiger partial charge in [-0.25, -0.2) is 0 Å². The van der Waals surface area contributed by atoms with Crippen LogP contribution in [0.2, 0.25) is 17.3 Å². The molecule has 0 bridgehead atoms. The molecule has 3 nitrogen and oxygen atoms in total. The maximum absolute atomic E-state index is 6.35. The van der Waals surface area contributed by atoms with Crippen LogP contribution in [0.1, 0.15) is 11.1 Å². The maximum Gasteiger partial charge on any atom is 0 e. The van der Waals surface area contributed by atoms with Crippen molar-refractivity contribution in [3.63, 3.8) is 0 Å². The smallest absolute Gasteiger partial charge is 0 e. The summed E-state index contributed by atoms with van der Waals surface area (Å²) >= 11 is -1.78. The van der Waals surface area contributed by atoms with Crippen molar-refractivity contribution in [3.05, 3.63) is 167 Å². The van der Waals surface area contributed by atoms with E-state index in [0.717, 1.165) is 61.1 Å². The standard InChI is InChI=1S/C25H18NO.C16H20GeN.Ir/c1-17-11-13-21-20-14-12-19(18-8-4-3-5-9-18)16-23(20)27-25(21)24(17)22-10-6-7-15-26(22)2;1-13-8-6-7-9-15(13)16-11-10-14(12-18(16)5)17(2,3)4;/h3-16H,1-2H2;6-12H,1,5H2,2-4H3;/q2*-1;. The second-order valence-corrected chi connectivity index (χ2v) is 23.0. The molecule has 4 aromatic carbocycles. The first-order valence-corrected chi connectivity index (χ1v) is 22.4. The van der Waals surface area contributed by atoms with Gasteiger partial charge in [0.05, 0.1) is 17.5 Å². The zero-order chi connectivity index (χ0) is 31.7. The fourth-order valence-corrected chi connectivity index (χ4v) is 8.04. The summed E-state index contributed by atoms with van der Waals surface area (Å²) in [7, 11) is 8.23. The van der Waals surface area contributed by atoms with Crippen LogP contribution < -0.4 is 13.5 Å². The Morgan fingerprint density at radius 1 is 0.609 bits per heavy atom. The van der Waals surface area contributed by atoms with Crippen LogP contribution in [-0.4, -0.2) is 13.3 Å². The molecule has 0 atom stereocenters. The molecular formula is C41H38GeIrN2O-2. The molecule has 46 heavy (non-hydrogen) atoms. The van der Waals surface area contributed by atoms with E-state index in [0.29, 0.717) is 0 Å². The number of rotatable bonds is 4. The number of pyridine rings is 2. The van der Waals surface area contributed by atoms with E-state index in [1.54, 1.807) is 0 Å². The summed E-state index contributed by atoms with van der Waals surface area (Å²) in [5, 5.41) is 2.20. The number of hydrogen-bond acceptors (Lipinski definition) is 1. The zero-order valence-corrected chi connectivity index (χ0v) is 31.1. The van der Waals surface area contributed by atoms with Crippen LogP contribution in [0.3, 0.4) is 0 Å². The van der Waals surface area contributed by atoms with Crippen molar-refractivity contribution in [3.8, 4) is 33.6 Å². The second-order valence-electron chi connectivity index (χ2n) is 12.4. The Bertz CT molecular complexity index is 2150. The molecule has 3 aromatic heterocycles. The Labute approximate surface area is 289 Å². The van der Waals surface area contributed by atoms with Crippen LogP contribution >= 0.6 is 0 Å². The van der Waals surface area contributed by atoms with E-state index in [1.807, 2.05) is 76.0 Å². The van der Waals surface area contributed by atoms with Gasteiger partial charge in [-0.05, 0) is 23.3 Å². The monoisotopic (exact) mass is 841 g/mol. The van der Waals surface area contributed by atoms with E-state index in [1.165, 1.54) is 9.96 Å². The zero-order valence-electron chi connectivity index (χ0n) is 26.6. The molecular weight excluding hydrogens is 801 g/mol. The minimum Gasteiger partial charge on any atom is 0 e. The van der Waals surface area contributed by atoms with Gasteiger partial charge in [-0.2, -0.15) is 18.6 Å². The van der Waals surface area contributed by atoms with Gasteiger partial charge in [0.1, 0.15) is 5.58 Å². The number of aromatic nitrogens is 2. The van der Waals surface area contributed by atoms with E-state index in [-0.39, 0.29) is 20.1 Å². The third-order valence-corrected chi connectivity index (χ3v) is 12.5. The molecule has 233 valence electrons. The van der Waals surface area contributed by atoms with Crippen molar-refractivity contribution in [1.82, 2.24) is 0 Å². The number of fused-ring (bicyclic) bond motifs is 3. The van der Waals surface area contributed by atoms with Gasteiger partial charge >= 0.3 is 113 Å². The summed E-state index contributed by atoms with van der Waals surface area (Å²) in [6, 6.07) is 39.5. The number of hydrogen-bond donors (Lipinski definition) is 0. The summed E-state index contributed by atoms with van der Waals surface area (Å²) in [6.07, 6.45) is 4.12. The van der Waals surface area contributed by atoms with Crippen LogP contribution in [0.15, 0.2) is 132 Å². The first kappa shape index (κ1) is 33.0. The molecule has 0 aliphatic rings. The largest absolute Gasteiger partial charge is 0 e. The molecule has 5 heteroatoms. The Morgan fingerprint density at radius 2 is 1.30 bits per heavy atom. The molecule has 0 fully saturated rings. The molecule has 0 aliphatic carbocycles. The fourth-order valence-electron chi connectivity index (χ4n) is 5.68. The molecule has 3 heterocycles.